The number of anilines is 1. The van der Waals surface area contributed by atoms with Gasteiger partial charge in [0.15, 0.2) is 0 Å². The number of piperidine rings is 1. The SMILES string of the molecule is COc1ccc(C(=O)Nc2ccc(-c3ccc(C=O)cc3C)cc2)cc1CCC1CCCCN1C. The van der Waals surface area contributed by atoms with Crippen LogP contribution >= 0.6 is 0 Å². The minimum Gasteiger partial charge on any atom is -0.496 e. The zero-order valence-electron chi connectivity index (χ0n) is 20.8. The van der Waals surface area contributed by atoms with Gasteiger partial charge in [-0.3, -0.25) is 9.59 Å². The largest absolute Gasteiger partial charge is 0.496 e. The van der Waals surface area contributed by atoms with E-state index < -0.39 is 0 Å². The predicted octanol–water partition coefficient (Wildman–Crippen LogP) is 6.15. The molecule has 0 radical (unpaired) electrons. The van der Waals surface area contributed by atoms with E-state index in [1.54, 1.807) is 7.11 Å². The molecular formula is C30H34N2O3. The van der Waals surface area contributed by atoms with E-state index in [1.807, 2.05) is 67.6 Å². The highest BCUT2D eigenvalue weighted by molar-refractivity contribution is 6.04. The summed E-state index contributed by atoms with van der Waals surface area (Å²) in [6.07, 6.45) is 6.60. The lowest BCUT2D eigenvalue weighted by Crippen LogP contribution is -2.36. The number of hydrogen-bond acceptors (Lipinski definition) is 4. The second kappa shape index (κ2) is 11.3. The third kappa shape index (κ3) is 5.98. The van der Waals surface area contributed by atoms with E-state index in [0.717, 1.165) is 59.4 Å². The van der Waals surface area contributed by atoms with Crippen LogP contribution in [0.2, 0.25) is 0 Å². The highest BCUT2D eigenvalue weighted by atomic mass is 16.5. The third-order valence-corrected chi connectivity index (χ3v) is 7.05. The molecule has 1 fully saturated rings. The number of likely N-dealkylation sites (tertiary alicyclic amines) is 1. The maximum atomic E-state index is 13.0. The second-order valence-electron chi connectivity index (χ2n) is 9.42. The summed E-state index contributed by atoms with van der Waals surface area (Å²) in [5.74, 6) is 0.697. The van der Waals surface area contributed by atoms with Crippen molar-refractivity contribution >= 4 is 17.9 Å². The smallest absolute Gasteiger partial charge is 0.255 e. The van der Waals surface area contributed by atoms with Crippen LogP contribution in [0.4, 0.5) is 5.69 Å². The Balaban J connectivity index is 1.44. The minimum atomic E-state index is -0.136. The zero-order chi connectivity index (χ0) is 24.8. The number of nitrogens with one attached hydrogen (secondary N) is 1. The summed E-state index contributed by atoms with van der Waals surface area (Å²) in [4.78, 5) is 26.5. The van der Waals surface area contributed by atoms with Gasteiger partial charge < -0.3 is 15.0 Å². The van der Waals surface area contributed by atoms with Crippen LogP contribution in [0.5, 0.6) is 5.75 Å². The molecule has 3 aromatic carbocycles. The number of carbonyl (C=O) groups is 2. The third-order valence-electron chi connectivity index (χ3n) is 7.05. The van der Waals surface area contributed by atoms with Gasteiger partial charge >= 0.3 is 0 Å². The summed E-state index contributed by atoms with van der Waals surface area (Å²) >= 11 is 0. The molecule has 1 saturated heterocycles. The summed E-state index contributed by atoms with van der Waals surface area (Å²) < 4.78 is 5.58. The first-order chi connectivity index (χ1) is 17.0. The summed E-state index contributed by atoms with van der Waals surface area (Å²) in [5, 5.41) is 3.01. The van der Waals surface area contributed by atoms with E-state index in [1.165, 1.54) is 19.3 Å². The molecule has 1 aliphatic rings. The first kappa shape index (κ1) is 24.7. The van der Waals surface area contributed by atoms with E-state index in [2.05, 4.69) is 17.3 Å². The molecule has 182 valence electrons. The van der Waals surface area contributed by atoms with E-state index >= 15 is 0 Å². The van der Waals surface area contributed by atoms with Crippen LogP contribution in [0.25, 0.3) is 11.1 Å². The van der Waals surface area contributed by atoms with Crippen molar-refractivity contribution in [2.24, 2.45) is 0 Å². The van der Waals surface area contributed by atoms with Gasteiger partial charge in [-0.2, -0.15) is 0 Å². The maximum absolute atomic E-state index is 13.0. The van der Waals surface area contributed by atoms with Crippen LogP contribution in [-0.4, -0.2) is 43.8 Å². The second-order valence-corrected chi connectivity index (χ2v) is 9.42. The number of benzene rings is 3. The predicted molar refractivity (Wildman–Crippen MR) is 142 cm³/mol. The fourth-order valence-corrected chi connectivity index (χ4v) is 4.97. The molecule has 1 amide bonds. The Morgan fingerprint density at radius 2 is 1.89 bits per heavy atom. The summed E-state index contributed by atoms with van der Waals surface area (Å²) in [6, 6.07) is 19.7. The van der Waals surface area contributed by atoms with Crippen molar-refractivity contribution in [3.8, 4) is 16.9 Å². The van der Waals surface area contributed by atoms with Gasteiger partial charge in [0.1, 0.15) is 12.0 Å². The van der Waals surface area contributed by atoms with Crippen molar-refractivity contribution < 1.29 is 14.3 Å². The molecule has 5 heteroatoms. The monoisotopic (exact) mass is 470 g/mol. The van der Waals surface area contributed by atoms with Crippen molar-refractivity contribution in [2.45, 2.75) is 45.1 Å². The van der Waals surface area contributed by atoms with Gasteiger partial charge in [-0.1, -0.05) is 30.7 Å². The standard InChI is InChI=1S/C30H34N2O3/c1-21-18-22(20-33)7-15-28(21)23-8-12-26(13-9-23)31-30(34)25-11-16-29(35-3)24(19-25)10-14-27-6-4-5-17-32(27)2/h7-9,11-13,15-16,18-20,27H,4-6,10,14,17H2,1-3H3,(H,31,34). The van der Waals surface area contributed by atoms with Gasteiger partial charge in [0.25, 0.3) is 5.91 Å². The quantitative estimate of drug-likeness (QED) is 0.401. The molecule has 0 aliphatic carbocycles. The lowest BCUT2D eigenvalue weighted by molar-refractivity contribution is 0.102. The van der Waals surface area contributed by atoms with Crippen molar-refractivity contribution in [2.75, 3.05) is 26.0 Å². The first-order valence-electron chi connectivity index (χ1n) is 12.3. The molecule has 3 aromatic rings. The van der Waals surface area contributed by atoms with Crippen molar-refractivity contribution in [3.05, 3.63) is 82.9 Å². The number of amides is 1. The average molecular weight is 471 g/mol. The molecule has 0 spiro atoms. The van der Waals surface area contributed by atoms with Crippen LogP contribution < -0.4 is 10.1 Å². The Bertz CT molecular complexity index is 1190. The summed E-state index contributed by atoms with van der Waals surface area (Å²) in [5.41, 5.74) is 6.25. The Labute approximate surface area is 208 Å². The fourth-order valence-electron chi connectivity index (χ4n) is 4.97. The number of nitrogens with zero attached hydrogens (tertiary/aromatic N) is 1. The molecule has 1 aliphatic heterocycles. The van der Waals surface area contributed by atoms with E-state index in [4.69, 9.17) is 4.74 Å². The molecule has 0 bridgehead atoms. The zero-order valence-corrected chi connectivity index (χ0v) is 20.8. The Kier molecular flexibility index (Phi) is 7.98. The number of methoxy groups -OCH3 is 1. The number of rotatable bonds is 8. The lowest BCUT2D eigenvalue weighted by atomic mass is 9.95. The lowest BCUT2D eigenvalue weighted by Gasteiger charge is -2.32. The topological polar surface area (TPSA) is 58.6 Å². The van der Waals surface area contributed by atoms with E-state index in [9.17, 15) is 9.59 Å². The van der Waals surface area contributed by atoms with Gasteiger partial charge in [-0.05, 0) is 105 Å². The molecule has 0 aromatic heterocycles. The van der Waals surface area contributed by atoms with Crippen molar-refractivity contribution in [3.63, 3.8) is 0 Å². The van der Waals surface area contributed by atoms with Gasteiger partial charge in [-0.15, -0.1) is 0 Å². The van der Waals surface area contributed by atoms with Crippen LogP contribution in [-0.2, 0) is 6.42 Å². The molecule has 5 nitrogen and oxygen atoms in total. The highest BCUT2D eigenvalue weighted by Gasteiger charge is 2.20. The number of aldehydes is 1. The molecule has 1 unspecified atom stereocenters. The molecule has 35 heavy (non-hydrogen) atoms. The molecular weight excluding hydrogens is 436 g/mol. The number of carbonyl (C=O) groups excluding carboxylic acids is 2. The minimum absolute atomic E-state index is 0.136. The average Bonchev–Trinajstić information content (AvgIpc) is 2.88. The molecule has 4 rings (SSSR count). The van der Waals surface area contributed by atoms with Gasteiger partial charge in [0.05, 0.1) is 7.11 Å². The van der Waals surface area contributed by atoms with Crippen LogP contribution in [0.15, 0.2) is 60.7 Å². The highest BCUT2D eigenvalue weighted by Crippen LogP contribution is 2.27. The molecule has 1 N–H and O–H groups in total. The number of hydrogen-bond donors (Lipinski definition) is 1. The first-order valence-corrected chi connectivity index (χ1v) is 12.3. The Morgan fingerprint density at radius 3 is 2.57 bits per heavy atom. The maximum Gasteiger partial charge on any atom is 0.255 e. The van der Waals surface area contributed by atoms with Crippen LogP contribution in [0.3, 0.4) is 0 Å². The van der Waals surface area contributed by atoms with Gasteiger partial charge in [-0.25, -0.2) is 0 Å². The van der Waals surface area contributed by atoms with Gasteiger partial charge in [0, 0.05) is 22.9 Å². The summed E-state index contributed by atoms with van der Waals surface area (Å²) in [7, 11) is 3.89. The van der Waals surface area contributed by atoms with E-state index in [0.29, 0.717) is 17.2 Å². The van der Waals surface area contributed by atoms with Crippen molar-refractivity contribution in [1.82, 2.24) is 4.90 Å². The molecule has 1 atom stereocenters. The molecule has 1 heterocycles. The van der Waals surface area contributed by atoms with E-state index in [-0.39, 0.29) is 5.91 Å². The number of aryl methyl sites for hydroxylation is 2. The number of ether oxygens (including phenoxy) is 1. The Hall–Kier alpha value is -3.44. The normalized spacial score (nSPS) is 16.0. The van der Waals surface area contributed by atoms with Gasteiger partial charge in [0.2, 0.25) is 0 Å². The fraction of sp³-hybridized carbons (Fsp3) is 0.333. The van der Waals surface area contributed by atoms with Crippen molar-refractivity contribution in [1.29, 1.82) is 0 Å². The van der Waals surface area contributed by atoms with Crippen LogP contribution in [0.1, 0.15) is 57.5 Å². The Morgan fingerprint density at radius 1 is 1.09 bits per heavy atom. The summed E-state index contributed by atoms with van der Waals surface area (Å²) in [6.45, 7) is 3.15. The van der Waals surface area contributed by atoms with Crippen LogP contribution in [0, 0.1) is 6.92 Å². The molecule has 0 saturated carbocycles.